The first-order valence-corrected chi connectivity index (χ1v) is 11.0. The number of benzene rings is 1. The third-order valence-electron chi connectivity index (χ3n) is 8.70. The standard InChI is InChI=1S/C23H30BNO4/c1-23(2)18-9-8-17(20(23)12-18)13-25-14-19(21(26)15-25)22(27)29-24(25,28)11-10-16-6-4-3-5-7-16/h3-7,10-11,17-20,28H,8-9,12-15H2,1-2H3/b11-10+/t17?,18-,19?,20?,24?,25?/m1/s1. The number of hydrogen-bond donors (Lipinski definition) is 1. The van der Waals surface area contributed by atoms with E-state index in [4.69, 9.17) is 4.65 Å². The molecule has 3 saturated carbocycles. The van der Waals surface area contributed by atoms with Crippen LogP contribution in [-0.2, 0) is 14.2 Å². The summed E-state index contributed by atoms with van der Waals surface area (Å²) in [7, 11) is 0. The Morgan fingerprint density at radius 2 is 2.00 bits per heavy atom. The smallest absolute Gasteiger partial charge is 0.548 e. The first-order valence-electron chi connectivity index (χ1n) is 11.0. The largest absolute Gasteiger partial charge is 0.611 e. The minimum atomic E-state index is -2.61. The van der Waals surface area contributed by atoms with Crippen LogP contribution < -0.4 is 0 Å². The second kappa shape index (κ2) is 6.29. The lowest BCUT2D eigenvalue weighted by atomic mass is 9.45. The molecule has 2 heterocycles. The number of carbonyl (C=O) groups is 2. The van der Waals surface area contributed by atoms with Crippen LogP contribution >= 0.6 is 0 Å². The number of fused-ring (bicyclic) bond motifs is 4. The van der Waals surface area contributed by atoms with Gasteiger partial charge in [-0.15, -0.1) is 5.98 Å². The second-order valence-corrected chi connectivity index (χ2v) is 10.4. The van der Waals surface area contributed by atoms with E-state index in [1.807, 2.05) is 36.4 Å². The minimum absolute atomic E-state index is 0.0810. The normalized spacial score (nSPS) is 42.6. The van der Waals surface area contributed by atoms with Crippen LogP contribution in [0.1, 0.15) is 38.7 Å². The van der Waals surface area contributed by atoms with E-state index in [0.29, 0.717) is 30.3 Å². The van der Waals surface area contributed by atoms with Gasteiger partial charge < -0.3 is 14.1 Å². The van der Waals surface area contributed by atoms with E-state index in [2.05, 4.69) is 13.8 Å². The molecule has 6 atom stereocenters. The Morgan fingerprint density at radius 3 is 2.69 bits per heavy atom. The summed E-state index contributed by atoms with van der Waals surface area (Å²) in [5.74, 6) is 2.18. The lowest BCUT2D eigenvalue weighted by Gasteiger charge is -2.63. The Kier molecular flexibility index (Phi) is 4.14. The molecule has 1 aromatic carbocycles. The zero-order valence-electron chi connectivity index (χ0n) is 17.3. The molecule has 5 nitrogen and oxygen atoms in total. The summed E-state index contributed by atoms with van der Waals surface area (Å²) in [5.41, 5.74) is 1.27. The molecule has 4 bridgehead atoms. The maximum absolute atomic E-state index is 12.7. The molecule has 0 spiro atoms. The van der Waals surface area contributed by atoms with Crippen molar-refractivity contribution < 1.29 is 23.7 Å². The van der Waals surface area contributed by atoms with E-state index in [-0.39, 0.29) is 16.7 Å². The molecule has 3 aliphatic carbocycles. The Morgan fingerprint density at radius 1 is 1.24 bits per heavy atom. The van der Waals surface area contributed by atoms with E-state index in [0.717, 1.165) is 17.9 Å². The molecule has 5 aliphatic rings. The number of nitrogens with zero attached hydrogens (tertiary/aromatic N) is 1. The van der Waals surface area contributed by atoms with Crippen LogP contribution in [0.5, 0.6) is 0 Å². The van der Waals surface area contributed by atoms with Crippen molar-refractivity contribution >= 4 is 24.5 Å². The molecule has 6 rings (SSSR count). The van der Waals surface area contributed by atoms with Gasteiger partial charge in [0.05, 0.1) is 6.54 Å². The summed E-state index contributed by atoms with van der Waals surface area (Å²) in [5, 5.41) is 11.7. The van der Waals surface area contributed by atoms with Gasteiger partial charge in [-0.05, 0) is 42.1 Å². The van der Waals surface area contributed by atoms with Gasteiger partial charge in [0, 0.05) is 12.5 Å². The van der Waals surface area contributed by atoms with Crippen molar-refractivity contribution in [3.63, 3.8) is 0 Å². The van der Waals surface area contributed by atoms with Crippen LogP contribution in [0.4, 0.5) is 0 Å². The van der Waals surface area contributed by atoms with Crippen molar-refractivity contribution in [1.29, 1.82) is 0 Å². The van der Waals surface area contributed by atoms with Crippen molar-refractivity contribution in [2.75, 3.05) is 19.6 Å². The van der Waals surface area contributed by atoms with Crippen molar-refractivity contribution in [1.82, 2.24) is 0 Å². The van der Waals surface area contributed by atoms with Gasteiger partial charge in [-0.2, -0.15) is 0 Å². The highest BCUT2D eigenvalue weighted by atomic mass is 16.6. The Balaban J connectivity index is 1.48. The minimum Gasteiger partial charge on any atom is -0.611 e. The van der Waals surface area contributed by atoms with Crippen molar-refractivity contribution in [3.8, 4) is 0 Å². The quantitative estimate of drug-likeness (QED) is 0.629. The molecule has 0 radical (unpaired) electrons. The molecule has 0 aromatic heterocycles. The molecule has 2 saturated heterocycles. The molecule has 5 fully saturated rings. The fraction of sp³-hybridized carbons (Fsp3) is 0.565. The van der Waals surface area contributed by atoms with Crippen LogP contribution in [0.15, 0.2) is 36.3 Å². The van der Waals surface area contributed by atoms with Crippen molar-refractivity contribution in [3.05, 3.63) is 41.9 Å². The maximum atomic E-state index is 12.7. The van der Waals surface area contributed by atoms with Crippen LogP contribution in [0.25, 0.3) is 6.08 Å². The maximum Gasteiger partial charge on any atom is 0.548 e. The van der Waals surface area contributed by atoms with Gasteiger partial charge >= 0.3 is 6.69 Å². The summed E-state index contributed by atoms with van der Waals surface area (Å²) in [6.45, 7) is 3.39. The molecule has 2 aliphatic heterocycles. The predicted molar refractivity (Wildman–Crippen MR) is 111 cm³/mol. The molecule has 29 heavy (non-hydrogen) atoms. The zero-order valence-corrected chi connectivity index (χ0v) is 17.3. The zero-order chi connectivity index (χ0) is 20.4. The topological polar surface area (TPSA) is 63.6 Å². The highest BCUT2D eigenvalue weighted by molar-refractivity contribution is 6.67. The first kappa shape index (κ1) is 19.1. The van der Waals surface area contributed by atoms with Gasteiger partial charge in [0.1, 0.15) is 6.54 Å². The number of hydrogen-bond acceptors (Lipinski definition) is 4. The summed E-state index contributed by atoms with van der Waals surface area (Å²) >= 11 is 0. The fourth-order valence-electron chi connectivity index (χ4n) is 6.76. The molecular formula is C23H30BNO4. The first-order chi connectivity index (χ1) is 13.7. The molecule has 5 unspecified atom stereocenters. The molecule has 6 heteroatoms. The highest BCUT2D eigenvalue weighted by Crippen LogP contribution is 2.62. The lowest BCUT2D eigenvalue weighted by molar-refractivity contribution is -0.840. The van der Waals surface area contributed by atoms with Crippen LogP contribution in [0.2, 0.25) is 0 Å². The van der Waals surface area contributed by atoms with Crippen LogP contribution in [0, 0.1) is 29.1 Å². The number of rotatable bonds is 4. The van der Waals surface area contributed by atoms with Gasteiger partial charge in [-0.25, -0.2) is 0 Å². The van der Waals surface area contributed by atoms with Gasteiger partial charge in [-0.3, -0.25) is 9.59 Å². The van der Waals surface area contributed by atoms with E-state index >= 15 is 0 Å². The molecule has 1 aromatic rings. The average molecular weight is 395 g/mol. The fourth-order valence-corrected chi connectivity index (χ4v) is 6.76. The summed E-state index contributed by atoms with van der Waals surface area (Å²) in [6.07, 6.45) is 5.43. The molecule has 154 valence electrons. The van der Waals surface area contributed by atoms with E-state index in [1.54, 1.807) is 5.98 Å². The number of quaternary nitrogens is 1. The number of carbonyl (C=O) groups excluding carboxylic acids is 2. The van der Waals surface area contributed by atoms with Crippen molar-refractivity contribution in [2.45, 2.75) is 33.1 Å². The summed E-state index contributed by atoms with van der Waals surface area (Å²) < 4.78 is 5.84. The van der Waals surface area contributed by atoms with Crippen LogP contribution in [-0.4, -0.2) is 47.5 Å². The Labute approximate surface area is 172 Å². The summed E-state index contributed by atoms with van der Waals surface area (Å²) in [4.78, 5) is 25.1. The van der Waals surface area contributed by atoms with E-state index in [1.165, 1.54) is 12.8 Å². The third kappa shape index (κ3) is 2.76. The van der Waals surface area contributed by atoms with Gasteiger partial charge in [-0.1, -0.05) is 50.3 Å². The van der Waals surface area contributed by atoms with Crippen molar-refractivity contribution in [2.24, 2.45) is 29.1 Å². The predicted octanol–water partition coefficient (Wildman–Crippen LogP) is 2.82. The van der Waals surface area contributed by atoms with E-state index < -0.39 is 18.6 Å². The lowest BCUT2D eigenvalue weighted by Crippen LogP contribution is -2.74. The van der Waals surface area contributed by atoms with Gasteiger partial charge in [0.2, 0.25) is 5.78 Å². The number of ketones is 1. The molecule has 1 N–H and O–H groups in total. The van der Waals surface area contributed by atoms with E-state index in [9.17, 15) is 14.6 Å². The number of Topliss-reactive ketones (excluding diaryl/α,β-unsaturated/α-hetero) is 1. The average Bonchev–Trinajstić information content (AvgIpc) is 3.01. The van der Waals surface area contributed by atoms with Crippen LogP contribution in [0.3, 0.4) is 0 Å². The Hall–Kier alpha value is -1.92. The highest BCUT2D eigenvalue weighted by Gasteiger charge is 2.64. The molecule has 0 amide bonds. The monoisotopic (exact) mass is 395 g/mol. The van der Waals surface area contributed by atoms with Gasteiger partial charge in [0.25, 0.3) is 5.97 Å². The Bertz CT molecular complexity index is 882. The SMILES string of the molecule is CC1(C)C2C[C@H]1CCC2C[N+]12CC(=O)C(C1)C(=O)O[B-]2(O)/C=C/c1ccccc1. The molecular weight excluding hydrogens is 365 g/mol. The van der Waals surface area contributed by atoms with Gasteiger partial charge in [0.15, 0.2) is 5.92 Å². The second-order valence-electron chi connectivity index (χ2n) is 10.4. The third-order valence-corrected chi connectivity index (χ3v) is 8.70. The summed E-state index contributed by atoms with van der Waals surface area (Å²) in [6, 6.07) is 9.69.